The number of carbonyl (C=O) groups excluding carboxylic acids is 1. The first kappa shape index (κ1) is 26.9. The van der Waals surface area contributed by atoms with Crippen LogP contribution in [0, 0.1) is 12.7 Å². The fourth-order valence-corrected chi connectivity index (χ4v) is 5.33. The molecule has 0 aliphatic heterocycles. The van der Waals surface area contributed by atoms with E-state index in [-0.39, 0.29) is 35.8 Å². The quantitative estimate of drug-likeness (QED) is 0.281. The van der Waals surface area contributed by atoms with Gasteiger partial charge < -0.3 is 10.1 Å². The van der Waals surface area contributed by atoms with E-state index in [4.69, 9.17) is 4.74 Å². The molecular formula is C30H29FN2O4S. The lowest BCUT2D eigenvalue weighted by atomic mass is 10.1. The van der Waals surface area contributed by atoms with Gasteiger partial charge in [0.05, 0.1) is 23.2 Å². The van der Waals surface area contributed by atoms with Crippen molar-refractivity contribution in [3.63, 3.8) is 0 Å². The number of hydrogen-bond acceptors (Lipinski definition) is 4. The topological polar surface area (TPSA) is 75.7 Å². The van der Waals surface area contributed by atoms with E-state index in [2.05, 4.69) is 5.32 Å². The number of aryl methyl sites for hydroxylation is 1. The molecule has 0 saturated carbocycles. The van der Waals surface area contributed by atoms with E-state index in [1.165, 1.54) is 16.4 Å². The molecule has 0 aromatic heterocycles. The molecule has 0 bridgehead atoms. The molecule has 0 spiro atoms. The molecule has 0 radical (unpaired) electrons. The highest BCUT2D eigenvalue weighted by Crippen LogP contribution is 2.28. The first-order valence-electron chi connectivity index (χ1n) is 12.1. The molecule has 0 aliphatic rings. The highest BCUT2D eigenvalue weighted by Gasteiger charge is 2.25. The van der Waals surface area contributed by atoms with Crippen molar-refractivity contribution in [1.82, 2.24) is 5.32 Å². The number of halogens is 1. The molecule has 4 aromatic rings. The first-order valence-corrected chi connectivity index (χ1v) is 13.6. The zero-order chi connectivity index (χ0) is 27.1. The summed E-state index contributed by atoms with van der Waals surface area (Å²) in [5, 5.41) is 2.81. The van der Waals surface area contributed by atoms with Crippen molar-refractivity contribution in [2.45, 2.75) is 31.3 Å². The molecule has 1 atom stereocenters. The monoisotopic (exact) mass is 532 g/mol. The zero-order valence-corrected chi connectivity index (χ0v) is 22.0. The minimum Gasteiger partial charge on any atom is -0.484 e. The van der Waals surface area contributed by atoms with Gasteiger partial charge in [-0.25, -0.2) is 12.8 Å². The van der Waals surface area contributed by atoms with Gasteiger partial charge >= 0.3 is 0 Å². The SMILES string of the molecule is Cc1ccc(S(=O)(=O)N(Cc2ccccc2)c2ccc(OCC(=O)NC(C)c3ccc(F)cc3)cc2)cc1. The fraction of sp³-hybridized carbons (Fsp3) is 0.167. The van der Waals surface area contributed by atoms with E-state index < -0.39 is 10.0 Å². The van der Waals surface area contributed by atoms with Gasteiger partial charge in [-0.1, -0.05) is 60.2 Å². The highest BCUT2D eigenvalue weighted by molar-refractivity contribution is 7.92. The van der Waals surface area contributed by atoms with Crippen LogP contribution in [0.3, 0.4) is 0 Å². The summed E-state index contributed by atoms with van der Waals surface area (Å²) in [4.78, 5) is 12.6. The van der Waals surface area contributed by atoms with E-state index >= 15 is 0 Å². The standard InChI is InChI=1S/C30H29FN2O4S/c1-22-8-18-29(19-9-22)38(35,36)33(20-24-6-4-3-5-7-24)27-14-16-28(17-15-27)37-21-30(34)32-23(2)25-10-12-26(31)13-11-25/h3-19,23H,20-21H2,1-2H3,(H,32,34). The largest absolute Gasteiger partial charge is 0.484 e. The lowest BCUT2D eigenvalue weighted by Crippen LogP contribution is -2.31. The third-order valence-electron chi connectivity index (χ3n) is 6.02. The Balaban J connectivity index is 1.47. The van der Waals surface area contributed by atoms with Crippen molar-refractivity contribution >= 4 is 21.6 Å². The molecule has 1 amide bonds. The van der Waals surface area contributed by atoms with Crippen molar-refractivity contribution in [3.05, 3.63) is 126 Å². The van der Waals surface area contributed by atoms with Crippen molar-refractivity contribution in [1.29, 1.82) is 0 Å². The first-order chi connectivity index (χ1) is 18.2. The summed E-state index contributed by atoms with van der Waals surface area (Å²) in [5.41, 5.74) is 3.06. The van der Waals surface area contributed by atoms with Crippen LogP contribution in [0.5, 0.6) is 5.75 Å². The van der Waals surface area contributed by atoms with Crippen LogP contribution >= 0.6 is 0 Å². The van der Waals surface area contributed by atoms with Gasteiger partial charge in [-0.3, -0.25) is 9.10 Å². The number of amides is 1. The maximum Gasteiger partial charge on any atom is 0.264 e. The average Bonchev–Trinajstić information content (AvgIpc) is 2.92. The number of nitrogens with one attached hydrogen (secondary N) is 1. The normalized spacial score (nSPS) is 12.0. The van der Waals surface area contributed by atoms with Gasteiger partial charge in [0.1, 0.15) is 11.6 Å². The smallest absolute Gasteiger partial charge is 0.264 e. The van der Waals surface area contributed by atoms with Crippen LogP contribution in [-0.4, -0.2) is 20.9 Å². The number of nitrogens with zero attached hydrogens (tertiary/aromatic N) is 1. The van der Waals surface area contributed by atoms with E-state index in [9.17, 15) is 17.6 Å². The average molecular weight is 533 g/mol. The van der Waals surface area contributed by atoms with E-state index in [1.54, 1.807) is 67.6 Å². The number of anilines is 1. The molecule has 0 aliphatic carbocycles. The molecule has 4 rings (SSSR count). The van der Waals surface area contributed by atoms with Crippen molar-refractivity contribution in [2.75, 3.05) is 10.9 Å². The Labute approximate surface area is 222 Å². The minimum absolute atomic E-state index is 0.154. The number of benzene rings is 4. The highest BCUT2D eigenvalue weighted by atomic mass is 32.2. The number of hydrogen-bond donors (Lipinski definition) is 1. The Morgan fingerprint density at radius 3 is 2.16 bits per heavy atom. The lowest BCUT2D eigenvalue weighted by molar-refractivity contribution is -0.123. The molecule has 4 aromatic carbocycles. The maximum atomic E-state index is 13.6. The van der Waals surface area contributed by atoms with Crippen LogP contribution in [0.1, 0.15) is 29.7 Å². The van der Waals surface area contributed by atoms with Crippen LogP contribution in [0.2, 0.25) is 0 Å². The number of rotatable bonds is 10. The molecule has 0 fully saturated rings. The molecule has 0 heterocycles. The molecule has 0 saturated heterocycles. The number of ether oxygens (including phenoxy) is 1. The molecule has 196 valence electrons. The second kappa shape index (κ2) is 11.9. The van der Waals surface area contributed by atoms with E-state index in [1.807, 2.05) is 37.3 Å². The Hall–Kier alpha value is -4.17. The molecule has 1 N–H and O–H groups in total. The molecule has 1 unspecified atom stereocenters. The Morgan fingerprint density at radius 1 is 0.895 bits per heavy atom. The maximum absolute atomic E-state index is 13.6. The van der Waals surface area contributed by atoms with Gasteiger partial charge in [0, 0.05) is 0 Å². The number of sulfonamides is 1. The van der Waals surface area contributed by atoms with E-state index in [0.717, 1.165) is 16.7 Å². The van der Waals surface area contributed by atoms with Gasteiger partial charge in [0.25, 0.3) is 15.9 Å². The molecular weight excluding hydrogens is 503 g/mol. The van der Waals surface area contributed by atoms with Crippen LogP contribution < -0.4 is 14.4 Å². The van der Waals surface area contributed by atoms with Crippen molar-refractivity contribution in [2.24, 2.45) is 0 Å². The molecule has 38 heavy (non-hydrogen) atoms. The summed E-state index contributed by atoms with van der Waals surface area (Å²) >= 11 is 0. The summed E-state index contributed by atoms with van der Waals surface area (Å²) in [7, 11) is -3.85. The summed E-state index contributed by atoms with van der Waals surface area (Å²) in [6, 6.07) is 28.3. The van der Waals surface area contributed by atoms with Gasteiger partial charge in [-0.2, -0.15) is 0 Å². The van der Waals surface area contributed by atoms with Gasteiger partial charge in [0.2, 0.25) is 0 Å². The molecule has 8 heteroatoms. The van der Waals surface area contributed by atoms with Crippen molar-refractivity contribution in [3.8, 4) is 5.75 Å². The van der Waals surface area contributed by atoms with Crippen LogP contribution in [-0.2, 0) is 21.4 Å². The minimum atomic E-state index is -3.85. The molecule has 6 nitrogen and oxygen atoms in total. The van der Waals surface area contributed by atoms with Crippen LogP contribution in [0.15, 0.2) is 108 Å². The summed E-state index contributed by atoms with van der Waals surface area (Å²) in [6.07, 6.45) is 0. The Kier molecular flexibility index (Phi) is 8.43. The second-order valence-corrected chi connectivity index (χ2v) is 10.8. The Morgan fingerprint density at radius 2 is 1.53 bits per heavy atom. The second-order valence-electron chi connectivity index (χ2n) is 8.93. The Bertz CT molecular complexity index is 1460. The lowest BCUT2D eigenvalue weighted by Gasteiger charge is -2.25. The predicted octanol–water partition coefficient (Wildman–Crippen LogP) is 5.79. The fourth-order valence-electron chi connectivity index (χ4n) is 3.88. The van der Waals surface area contributed by atoms with Gasteiger partial charge in [0.15, 0.2) is 6.61 Å². The van der Waals surface area contributed by atoms with Crippen LogP contribution in [0.4, 0.5) is 10.1 Å². The van der Waals surface area contributed by atoms with Crippen molar-refractivity contribution < 1.29 is 22.3 Å². The third-order valence-corrected chi connectivity index (χ3v) is 7.81. The summed E-state index contributed by atoms with van der Waals surface area (Å²) in [5.74, 6) is -0.252. The van der Waals surface area contributed by atoms with Crippen LogP contribution in [0.25, 0.3) is 0 Å². The van der Waals surface area contributed by atoms with E-state index in [0.29, 0.717) is 11.4 Å². The predicted molar refractivity (Wildman–Crippen MR) is 146 cm³/mol. The third kappa shape index (κ3) is 6.77. The summed E-state index contributed by atoms with van der Waals surface area (Å²) < 4.78 is 47.3. The summed E-state index contributed by atoms with van der Waals surface area (Å²) in [6.45, 7) is 3.64. The van der Waals surface area contributed by atoms with Gasteiger partial charge in [-0.05, 0) is 73.5 Å². The zero-order valence-electron chi connectivity index (χ0n) is 21.2. The number of carbonyl (C=O) groups is 1. The van der Waals surface area contributed by atoms with Gasteiger partial charge in [-0.15, -0.1) is 0 Å².